The van der Waals surface area contributed by atoms with Crippen LogP contribution in [0.25, 0.3) is 0 Å². The molecular weight excluding hydrogens is 234 g/mol. The van der Waals surface area contributed by atoms with E-state index in [9.17, 15) is 5.11 Å². The van der Waals surface area contributed by atoms with Crippen LogP contribution >= 0.6 is 15.9 Å². The number of hydrogen-bond donors (Lipinski definition) is 3. The molecule has 4 N–H and O–H groups in total. The van der Waals surface area contributed by atoms with Gasteiger partial charge in [0.2, 0.25) is 0 Å². The van der Waals surface area contributed by atoms with Gasteiger partial charge < -0.3 is 15.9 Å². The van der Waals surface area contributed by atoms with Crippen molar-refractivity contribution in [3.05, 3.63) is 28.2 Å². The van der Waals surface area contributed by atoms with Crippen LogP contribution in [-0.4, -0.2) is 16.8 Å². The van der Waals surface area contributed by atoms with Crippen molar-refractivity contribution in [3.8, 4) is 5.75 Å². The second-order valence-electron chi connectivity index (χ2n) is 2.80. The molecule has 0 aromatic heterocycles. The molecule has 0 heterocycles. The molecule has 0 aliphatic carbocycles. The predicted octanol–water partition coefficient (Wildman–Crippen LogP) is 1.54. The van der Waals surface area contributed by atoms with Crippen LogP contribution in [0.2, 0.25) is 0 Å². The number of nitrogens with two attached hydrogens (primary N) is 1. The van der Waals surface area contributed by atoms with Gasteiger partial charge in [-0.15, -0.1) is 0 Å². The summed E-state index contributed by atoms with van der Waals surface area (Å²) in [5, 5.41) is 18.1. The van der Waals surface area contributed by atoms with Crippen molar-refractivity contribution in [2.45, 2.75) is 12.5 Å². The normalized spacial score (nSPS) is 12.8. The lowest BCUT2D eigenvalue weighted by molar-refractivity contribution is 0.276. The molecular formula is C9H12BrNO2. The summed E-state index contributed by atoms with van der Waals surface area (Å²) in [7, 11) is 0. The van der Waals surface area contributed by atoms with E-state index in [1.807, 2.05) is 6.07 Å². The van der Waals surface area contributed by atoms with Gasteiger partial charge in [-0.2, -0.15) is 0 Å². The molecule has 0 amide bonds. The molecule has 1 aromatic rings. The monoisotopic (exact) mass is 245 g/mol. The minimum absolute atomic E-state index is 0.0449. The van der Waals surface area contributed by atoms with E-state index in [-0.39, 0.29) is 18.4 Å². The van der Waals surface area contributed by atoms with Gasteiger partial charge in [-0.25, -0.2) is 0 Å². The van der Waals surface area contributed by atoms with E-state index in [1.54, 1.807) is 12.1 Å². The Morgan fingerprint density at radius 2 is 2.15 bits per heavy atom. The average Bonchev–Trinajstić information content (AvgIpc) is 2.10. The first-order chi connectivity index (χ1) is 6.16. The highest BCUT2D eigenvalue weighted by atomic mass is 79.9. The lowest BCUT2D eigenvalue weighted by atomic mass is 10.1. The molecule has 3 nitrogen and oxygen atoms in total. The standard InChI is InChI=1S/C9H12BrNO2/c10-9-6(7(11)4-5-12)2-1-3-8(9)13/h1-3,7,12-13H,4-5,11H2. The van der Waals surface area contributed by atoms with E-state index in [1.165, 1.54) is 0 Å². The number of halogens is 1. The zero-order valence-corrected chi connectivity index (χ0v) is 8.66. The second kappa shape index (κ2) is 4.60. The van der Waals surface area contributed by atoms with Gasteiger partial charge in [-0.3, -0.25) is 0 Å². The van der Waals surface area contributed by atoms with Crippen molar-refractivity contribution in [3.63, 3.8) is 0 Å². The van der Waals surface area contributed by atoms with E-state index in [2.05, 4.69) is 15.9 Å². The Morgan fingerprint density at radius 1 is 1.46 bits per heavy atom. The van der Waals surface area contributed by atoms with Crippen LogP contribution in [-0.2, 0) is 0 Å². The van der Waals surface area contributed by atoms with Gasteiger partial charge in [-0.05, 0) is 34.0 Å². The van der Waals surface area contributed by atoms with Crippen molar-refractivity contribution in [2.24, 2.45) is 5.73 Å². The summed E-state index contributed by atoms with van der Waals surface area (Å²) >= 11 is 3.24. The van der Waals surface area contributed by atoms with E-state index in [4.69, 9.17) is 10.8 Å². The number of phenolic OH excluding ortho intramolecular Hbond substituents is 1. The molecule has 4 heteroatoms. The number of rotatable bonds is 3. The highest BCUT2D eigenvalue weighted by molar-refractivity contribution is 9.10. The molecule has 0 aliphatic rings. The summed E-state index contributed by atoms with van der Waals surface area (Å²) in [6.07, 6.45) is 0.488. The van der Waals surface area contributed by atoms with Gasteiger partial charge in [0.25, 0.3) is 0 Å². The van der Waals surface area contributed by atoms with E-state index < -0.39 is 0 Å². The van der Waals surface area contributed by atoms with Crippen molar-refractivity contribution >= 4 is 15.9 Å². The summed E-state index contributed by atoms with van der Waals surface area (Å²) in [6, 6.07) is 4.89. The lowest BCUT2D eigenvalue weighted by Gasteiger charge is -2.12. The zero-order chi connectivity index (χ0) is 9.84. The summed E-state index contributed by atoms with van der Waals surface area (Å²) in [4.78, 5) is 0. The minimum atomic E-state index is -0.244. The molecule has 0 spiro atoms. The molecule has 1 rings (SSSR count). The third-order valence-corrected chi connectivity index (χ3v) is 2.71. The fourth-order valence-electron chi connectivity index (χ4n) is 1.12. The van der Waals surface area contributed by atoms with Gasteiger partial charge in [0.05, 0.1) is 4.47 Å². The number of aromatic hydroxyl groups is 1. The van der Waals surface area contributed by atoms with Crippen molar-refractivity contribution in [1.82, 2.24) is 0 Å². The average molecular weight is 246 g/mol. The van der Waals surface area contributed by atoms with Crippen molar-refractivity contribution in [1.29, 1.82) is 0 Å². The van der Waals surface area contributed by atoms with Crippen LogP contribution in [0, 0.1) is 0 Å². The van der Waals surface area contributed by atoms with E-state index in [0.29, 0.717) is 10.9 Å². The molecule has 0 saturated carbocycles. The molecule has 0 bridgehead atoms. The number of hydrogen-bond acceptors (Lipinski definition) is 3. The van der Waals surface area contributed by atoms with Gasteiger partial charge in [0.15, 0.2) is 0 Å². The Hall–Kier alpha value is -0.580. The molecule has 1 atom stereocenters. The summed E-state index contributed by atoms with van der Waals surface area (Å²) in [5.74, 6) is 0.172. The fraction of sp³-hybridized carbons (Fsp3) is 0.333. The molecule has 0 aliphatic heterocycles. The predicted molar refractivity (Wildman–Crippen MR) is 54.4 cm³/mol. The first-order valence-electron chi connectivity index (χ1n) is 4.00. The maximum atomic E-state index is 9.35. The summed E-state index contributed by atoms with van der Waals surface area (Å²) < 4.78 is 0.607. The Kier molecular flexibility index (Phi) is 3.71. The number of benzene rings is 1. The van der Waals surface area contributed by atoms with Crippen LogP contribution < -0.4 is 5.73 Å². The molecule has 1 unspecified atom stereocenters. The maximum Gasteiger partial charge on any atom is 0.130 e. The van der Waals surface area contributed by atoms with Crippen LogP contribution in [0.15, 0.2) is 22.7 Å². The second-order valence-corrected chi connectivity index (χ2v) is 3.59. The van der Waals surface area contributed by atoms with Crippen molar-refractivity contribution in [2.75, 3.05) is 6.61 Å². The van der Waals surface area contributed by atoms with Crippen molar-refractivity contribution < 1.29 is 10.2 Å². The Bertz CT molecular complexity index is 291. The molecule has 1 aromatic carbocycles. The topological polar surface area (TPSA) is 66.5 Å². The van der Waals surface area contributed by atoms with Gasteiger partial charge in [-0.1, -0.05) is 12.1 Å². The van der Waals surface area contributed by atoms with Crippen LogP contribution in [0.3, 0.4) is 0 Å². The van der Waals surface area contributed by atoms with E-state index in [0.717, 1.165) is 5.56 Å². The van der Waals surface area contributed by atoms with Gasteiger partial charge >= 0.3 is 0 Å². The fourth-order valence-corrected chi connectivity index (χ4v) is 1.68. The molecule has 0 saturated heterocycles. The van der Waals surface area contributed by atoms with Crippen LogP contribution in [0.5, 0.6) is 5.75 Å². The van der Waals surface area contributed by atoms with Crippen LogP contribution in [0.4, 0.5) is 0 Å². The van der Waals surface area contributed by atoms with E-state index >= 15 is 0 Å². The molecule has 13 heavy (non-hydrogen) atoms. The molecule has 0 fully saturated rings. The summed E-state index contributed by atoms with van der Waals surface area (Å²) in [6.45, 7) is 0.0449. The lowest BCUT2D eigenvalue weighted by Crippen LogP contribution is -2.12. The first-order valence-corrected chi connectivity index (χ1v) is 4.80. The molecule has 72 valence electrons. The Morgan fingerprint density at radius 3 is 2.77 bits per heavy atom. The number of aliphatic hydroxyl groups is 1. The third kappa shape index (κ3) is 2.43. The quantitative estimate of drug-likeness (QED) is 0.757. The van der Waals surface area contributed by atoms with Crippen LogP contribution in [0.1, 0.15) is 18.0 Å². The SMILES string of the molecule is NC(CCO)c1cccc(O)c1Br. The Balaban J connectivity index is 2.93. The third-order valence-electron chi connectivity index (χ3n) is 1.85. The highest BCUT2D eigenvalue weighted by Crippen LogP contribution is 2.31. The largest absolute Gasteiger partial charge is 0.507 e. The number of aliphatic hydroxyl groups excluding tert-OH is 1. The smallest absolute Gasteiger partial charge is 0.130 e. The highest BCUT2D eigenvalue weighted by Gasteiger charge is 2.11. The van der Waals surface area contributed by atoms with Gasteiger partial charge in [0, 0.05) is 12.6 Å². The zero-order valence-electron chi connectivity index (χ0n) is 7.07. The first kappa shape index (κ1) is 10.5. The number of phenols is 1. The summed E-state index contributed by atoms with van der Waals surface area (Å²) in [5.41, 5.74) is 6.59. The maximum absolute atomic E-state index is 9.35. The Labute approximate surface area is 85.3 Å². The minimum Gasteiger partial charge on any atom is -0.507 e. The van der Waals surface area contributed by atoms with Gasteiger partial charge in [0.1, 0.15) is 5.75 Å². The molecule has 0 radical (unpaired) electrons.